The zero-order valence-electron chi connectivity index (χ0n) is 10.3. The molecular weight excluding hydrogens is 230 g/mol. The summed E-state index contributed by atoms with van der Waals surface area (Å²) in [6.07, 6.45) is 7.63. The lowest BCUT2D eigenvalue weighted by molar-refractivity contribution is 0.366. The molecule has 2 atom stereocenters. The number of halogens is 1. The number of nitrogens with zero attached hydrogens (tertiary/aromatic N) is 1. The van der Waals surface area contributed by atoms with Gasteiger partial charge < -0.3 is 4.90 Å². The first-order chi connectivity index (χ1) is 8.22. The Morgan fingerprint density at radius 1 is 1.29 bits per heavy atom. The van der Waals surface area contributed by atoms with E-state index < -0.39 is 0 Å². The summed E-state index contributed by atoms with van der Waals surface area (Å²) in [5.74, 6) is 0. The first-order valence-corrected chi connectivity index (χ1v) is 6.46. The Balaban J connectivity index is 2.15. The van der Waals surface area contributed by atoms with Gasteiger partial charge in [-0.25, -0.2) is 0 Å². The third-order valence-corrected chi connectivity index (χ3v) is 3.68. The van der Waals surface area contributed by atoms with E-state index in [1.165, 1.54) is 11.1 Å². The van der Waals surface area contributed by atoms with Crippen molar-refractivity contribution in [2.75, 3.05) is 7.05 Å². The van der Waals surface area contributed by atoms with Crippen molar-refractivity contribution < 1.29 is 0 Å². The lowest BCUT2D eigenvalue weighted by Gasteiger charge is -2.31. The Kier molecular flexibility index (Phi) is 3.90. The molecule has 0 spiro atoms. The molecule has 0 radical (unpaired) electrons. The summed E-state index contributed by atoms with van der Waals surface area (Å²) in [6, 6.07) is 10.5. The van der Waals surface area contributed by atoms with E-state index >= 15 is 0 Å². The average Bonchev–Trinajstić information content (AvgIpc) is 2.39. The molecule has 1 heterocycles. The van der Waals surface area contributed by atoms with Gasteiger partial charge in [-0.15, -0.1) is 11.6 Å². The van der Waals surface area contributed by atoms with Crippen LogP contribution in [0.25, 0.3) is 0 Å². The molecule has 0 fully saturated rings. The highest BCUT2D eigenvalue weighted by Crippen LogP contribution is 2.30. The van der Waals surface area contributed by atoms with E-state index in [-0.39, 0.29) is 11.4 Å². The normalized spacial score (nSPS) is 21.2. The van der Waals surface area contributed by atoms with Gasteiger partial charge in [-0.1, -0.05) is 49.4 Å². The Bertz CT molecular complexity index is 422. The largest absolute Gasteiger partial charge is 0.372 e. The second-order valence-corrected chi connectivity index (χ2v) is 4.86. The monoisotopic (exact) mass is 247 g/mol. The van der Waals surface area contributed by atoms with Crippen LogP contribution in [0.15, 0.2) is 54.3 Å². The molecule has 17 heavy (non-hydrogen) atoms. The van der Waals surface area contributed by atoms with Crippen LogP contribution in [0.1, 0.15) is 24.3 Å². The lowest BCUT2D eigenvalue weighted by Crippen LogP contribution is -2.31. The molecule has 1 aliphatic rings. The molecule has 0 N–H and O–H groups in total. The Morgan fingerprint density at radius 2 is 2.00 bits per heavy atom. The van der Waals surface area contributed by atoms with E-state index in [1.807, 2.05) is 18.2 Å². The molecule has 2 unspecified atom stereocenters. The van der Waals surface area contributed by atoms with Crippen LogP contribution in [-0.4, -0.2) is 18.0 Å². The van der Waals surface area contributed by atoms with Crippen molar-refractivity contribution in [3.05, 3.63) is 59.8 Å². The number of alkyl halides is 1. The minimum Gasteiger partial charge on any atom is -0.372 e. The second kappa shape index (κ2) is 5.42. The molecule has 0 saturated carbocycles. The predicted octanol–water partition coefficient (Wildman–Crippen LogP) is 4.13. The van der Waals surface area contributed by atoms with Gasteiger partial charge in [0.25, 0.3) is 0 Å². The molecule has 1 aromatic carbocycles. The second-order valence-electron chi connectivity index (χ2n) is 4.39. The van der Waals surface area contributed by atoms with Gasteiger partial charge in [0.1, 0.15) is 0 Å². The highest BCUT2D eigenvalue weighted by atomic mass is 35.5. The van der Waals surface area contributed by atoms with Gasteiger partial charge in [-0.3, -0.25) is 0 Å². The molecule has 0 aliphatic carbocycles. The van der Waals surface area contributed by atoms with Crippen LogP contribution in [0.3, 0.4) is 0 Å². The molecule has 2 rings (SSSR count). The number of rotatable bonds is 3. The minimum atomic E-state index is -0.00731. The van der Waals surface area contributed by atoms with Crippen LogP contribution in [0.2, 0.25) is 0 Å². The quantitative estimate of drug-likeness (QED) is 0.726. The van der Waals surface area contributed by atoms with Crippen molar-refractivity contribution in [3.8, 4) is 0 Å². The number of benzene rings is 1. The maximum atomic E-state index is 6.55. The van der Waals surface area contributed by atoms with Crippen molar-refractivity contribution in [2.45, 2.75) is 24.8 Å². The first-order valence-electron chi connectivity index (χ1n) is 6.02. The molecule has 1 nitrogen and oxygen atoms in total. The van der Waals surface area contributed by atoms with Crippen molar-refractivity contribution in [2.24, 2.45) is 0 Å². The highest BCUT2D eigenvalue weighted by Gasteiger charge is 2.23. The van der Waals surface area contributed by atoms with Gasteiger partial charge in [0.05, 0.1) is 11.4 Å². The van der Waals surface area contributed by atoms with Crippen molar-refractivity contribution >= 4 is 11.6 Å². The summed E-state index contributed by atoms with van der Waals surface area (Å²) in [6.45, 7) is 2.17. The smallest absolute Gasteiger partial charge is 0.0824 e. The van der Waals surface area contributed by atoms with Crippen LogP contribution in [-0.2, 0) is 0 Å². The van der Waals surface area contributed by atoms with Gasteiger partial charge >= 0.3 is 0 Å². The SMILES string of the molecule is CCC1=CN(C)C(C(Cl)c2ccccc2)C=C1. The number of hydrogen-bond acceptors (Lipinski definition) is 1. The predicted molar refractivity (Wildman–Crippen MR) is 74.1 cm³/mol. The maximum absolute atomic E-state index is 6.55. The van der Waals surface area contributed by atoms with Crippen molar-refractivity contribution in [1.82, 2.24) is 4.90 Å². The fraction of sp³-hybridized carbons (Fsp3) is 0.333. The van der Waals surface area contributed by atoms with E-state index in [0.29, 0.717) is 0 Å². The Hall–Kier alpha value is -1.21. The average molecular weight is 248 g/mol. The van der Waals surface area contributed by atoms with Gasteiger partial charge in [0, 0.05) is 13.2 Å². The Morgan fingerprint density at radius 3 is 2.59 bits per heavy atom. The number of allylic oxidation sites excluding steroid dienone is 2. The highest BCUT2D eigenvalue weighted by molar-refractivity contribution is 6.21. The standard InChI is InChI=1S/C15H18ClN/c1-3-12-9-10-14(17(2)11-12)15(16)13-7-5-4-6-8-13/h4-11,14-15H,3H2,1-2H3. The van der Waals surface area contributed by atoms with E-state index in [0.717, 1.165) is 6.42 Å². The molecule has 2 heteroatoms. The van der Waals surface area contributed by atoms with Gasteiger partial charge in [-0.05, 0) is 17.6 Å². The topological polar surface area (TPSA) is 3.24 Å². The van der Waals surface area contributed by atoms with Crippen LogP contribution in [0.5, 0.6) is 0 Å². The molecule has 1 aliphatic heterocycles. The maximum Gasteiger partial charge on any atom is 0.0824 e. The summed E-state index contributed by atoms with van der Waals surface area (Å²) in [5.41, 5.74) is 2.52. The summed E-state index contributed by atoms with van der Waals surface area (Å²) in [5, 5.41) is -0.00731. The number of hydrogen-bond donors (Lipinski definition) is 0. The van der Waals surface area contributed by atoms with E-state index in [9.17, 15) is 0 Å². The molecule has 0 amide bonds. The summed E-state index contributed by atoms with van der Waals surface area (Å²) < 4.78 is 0. The van der Waals surface area contributed by atoms with Crippen LogP contribution >= 0.6 is 11.6 Å². The summed E-state index contributed by atoms with van der Waals surface area (Å²) in [4.78, 5) is 2.20. The Labute approximate surface area is 108 Å². The molecule has 0 aromatic heterocycles. The minimum absolute atomic E-state index is 0.00731. The zero-order valence-corrected chi connectivity index (χ0v) is 11.1. The summed E-state index contributed by atoms with van der Waals surface area (Å²) >= 11 is 6.55. The van der Waals surface area contributed by atoms with E-state index in [2.05, 4.69) is 49.4 Å². The molecular formula is C15H18ClN. The van der Waals surface area contributed by atoms with E-state index in [4.69, 9.17) is 11.6 Å². The van der Waals surface area contributed by atoms with E-state index in [1.54, 1.807) is 0 Å². The molecule has 0 saturated heterocycles. The van der Waals surface area contributed by atoms with Crippen LogP contribution in [0, 0.1) is 0 Å². The summed E-state index contributed by atoms with van der Waals surface area (Å²) in [7, 11) is 2.09. The zero-order chi connectivity index (χ0) is 12.3. The third-order valence-electron chi connectivity index (χ3n) is 3.17. The van der Waals surface area contributed by atoms with Gasteiger partial charge in [-0.2, -0.15) is 0 Å². The fourth-order valence-corrected chi connectivity index (χ4v) is 2.50. The molecule has 90 valence electrons. The van der Waals surface area contributed by atoms with Gasteiger partial charge in [0.2, 0.25) is 0 Å². The van der Waals surface area contributed by atoms with Crippen LogP contribution in [0.4, 0.5) is 0 Å². The molecule has 1 aromatic rings. The fourth-order valence-electron chi connectivity index (χ4n) is 2.10. The third kappa shape index (κ3) is 2.73. The van der Waals surface area contributed by atoms with Crippen molar-refractivity contribution in [1.29, 1.82) is 0 Å². The van der Waals surface area contributed by atoms with Crippen LogP contribution < -0.4 is 0 Å². The molecule has 0 bridgehead atoms. The van der Waals surface area contributed by atoms with Crippen molar-refractivity contribution in [3.63, 3.8) is 0 Å². The van der Waals surface area contributed by atoms with Gasteiger partial charge in [0.15, 0.2) is 0 Å². The first kappa shape index (κ1) is 12.3. The number of likely N-dealkylation sites (N-methyl/N-ethyl adjacent to an activating group) is 1. The lowest BCUT2D eigenvalue weighted by atomic mass is 10.00.